The third-order valence-corrected chi connectivity index (χ3v) is 6.73. The fraction of sp³-hybridized carbons (Fsp3) is 0.952. The molecule has 3 aliphatic heterocycles. The van der Waals surface area contributed by atoms with Crippen molar-refractivity contribution in [2.24, 2.45) is 0 Å². The van der Waals surface area contributed by atoms with Gasteiger partial charge >= 0.3 is 0 Å². The van der Waals surface area contributed by atoms with E-state index in [-0.39, 0.29) is 0 Å². The summed E-state index contributed by atoms with van der Waals surface area (Å²) in [4.78, 5) is 11.8. The lowest BCUT2D eigenvalue weighted by molar-refractivity contribution is -0.376. The average Bonchev–Trinajstić information content (AvgIpc) is 2.83. The number of amides is 1. The Morgan fingerprint density at radius 1 is 0.694 bits per heavy atom. The highest BCUT2D eigenvalue weighted by molar-refractivity contribution is 5.73. The molecule has 0 aliphatic carbocycles. The molecule has 0 aromatic rings. The molecule has 9 N–H and O–H groups in total. The molecule has 15 nitrogen and oxygen atoms in total. The first-order valence-electron chi connectivity index (χ1n) is 11.8. The van der Waals surface area contributed by atoms with E-state index in [1.54, 1.807) is 6.92 Å². The lowest BCUT2D eigenvalue weighted by Gasteiger charge is -2.49. The zero-order chi connectivity index (χ0) is 26.9. The number of nitrogens with one attached hydrogen (secondary N) is 1. The van der Waals surface area contributed by atoms with Gasteiger partial charge < -0.3 is 69.9 Å². The molecule has 3 heterocycles. The number of hydrogen-bond acceptors (Lipinski definition) is 14. The molecule has 6 unspecified atom stereocenters. The Labute approximate surface area is 207 Å². The number of aliphatic hydroxyl groups is 8. The average molecular weight is 528 g/mol. The van der Waals surface area contributed by atoms with Gasteiger partial charge in [-0.25, -0.2) is 0 Å². The molecule has 0 aromatic heterocycles. The lowest BCUT2D eigenvalue weighted by Crippen LogP contribution is -2.68. The second-order valence-electron chi connectivity index (χ2n) is 9.37. The van der Waals surface area contributed by atoms with E-state index in [1.807, 2.05) is 0 Å². The van der Waals surface area contributed by atoms with Gasteiger partial charge in [0.05, 0.1) is 31.5 Å². The first-order valence-corrected chi connectivity index (χ1v) is 11.8. The van der Waals surface area contributed by atoms with Crippen molar-refractivity contribution >= 4 is 5.91 Å². The predicted octanol–water partition coefficient (Wildman–Crippen LogP) is -5.33. The van der Waals surface area contributed by atoms with E-state index in [1.165, 1.54) is 13.8 Å². The van der Waals surface area contributed by atoms with E-state index in [0.29, 0.717) is 0 Å². The van der Waals surface area contributed by atoms with E-state index >= 15 is 0 Å². The van der Waals surface area contributed by atoms with Gasteiger partial charge in [0, 0.05) is 6.92 Å². The van der Waals surface area contributed by atoms with Crippen LogP contribution >= 0.6 is 0 Å². The maximum absolute atomic E-state index is 11.8. The van der Waals surface area contributed by atoms with Gasteiger partial charge in [0.2, 0.25) is 5.91 Å². The second-order valence-corrected chi connectivity index (χ2v) is 9.37. The van der Waals surface area contributed by atoms with Crippen molar-refractivity contribution in [3.05, 3.63) is 0 Å². The fourth-order valence-corrected chi connectivity index (χ4v) is 4.63. The van der Waals surface area contributed by atoms with Crippen LogP contribution in [0.2, 0.25) is 0 Å². The van der Waals surface area contributed by atoms with Crippen LogP contribution < -0.4 is 5.32 Å². The summed E-state index contributed by atoms with van der Waals surface area (Å²) in [6.07, 6.45) is -20.0. The molecule has 0 bridgehead atoms. The van der Waals surface area contributed by atoms with Gasteiger partial charge in [-0.05, 0) is 13.8 Å². The van der Waals surface area contributed by atoms with Crippen molar-refractivity contribution in [3.63, 3.8) is 0 Å². The summed E-state index contributed by atoms with van der Waals surface area (Å²) in [7, 11) is 0. The van der Waals surface area contributed by atoms with E-state index in [4.69, 9.17) is 23.7 Å². The van der Waals surface area contributed by atoms with Crippen LogP contribution in [0.3, 0.4) is 0 Å². The minimum atomic E-state index is -1.77. The van der Waals surface area contributed by atoms with Gasteiger partial charge in [-0.1, -0.05) is 0 Å². The molecule has 15 heteroatoms. The van der Waals surface area contributed by atoms with Crippen molar-refractivity contribution in [2.45, 2.75) is 113 Å². The number of rotatable bonds is 7. The number of carbonyl (C=O) groups excluding carboxylic acids is 1. The molecule has 3 saturated heterocycles. The zero-order valence-electron chi connectivity index (χ0n) is 20.1. The molecule has 210 valence electrons. The van der Waals surface area contributed by atoms with Crippen molar-refractivity contribution in [1.82, 2.24) is 5.32 Å². The summed E-state index contributed by atoms with van der Waals surface area (Å²) in [5, 5.41) is 84.2. The minimum Gasteiger partial charge on any atom is -0.394 e. The molecule has 0 radical (unpaired) electrons. The largest absolute Gasteiger partial charge is 0.394 e. The summed E-state index contributed by atoms with van der Waals surface area (Å²) < 4.78 is 28.2. The van der Waals surface area contributed by atoms with Crippen LogP contribution in [0, 0.1) is 0 Å². The van der Waals surface area contributed by atoms with Crippen LogP contribution in [0.4, 0.5) is 0 Å². The Morgan fingerprint density at radius 2 is 1.28 bits per heavy atom. The topological polar surface area (TPSA) is 237 Å². The van der Waals surface area contributed by atoms with Crippen molar-refractivity contribution < 1.29 is 69.3 Å². The third kappa shape index (κ3) is 5.99. The first kappa shape index (κ1) is 29.5. The zero-order valence-corrected chi connectivity index (χ0v) is 20.1. The smallest absolute Gasteiger partial charge is 0.217 e. The van der Waals surface area contributed by atoms with Crippen molar-refractivity contribution in [2.75, 3.05) is 13.2 Å². The van der Waals surface area contributed by atoms with Crippen molar-refractivity contribution in [1.29, 1.82) is 0 Å². The Morgan fingerprint density at radius 3 is 1.86 bits per heavy atom. The molecule has 36 heavy (non-hydrogen) atoms. The second kappa shape index (κ2) is 12.2. The lowest BCUT2D eigenvalue weighted by atomic mass is 9.92. The molecule has 1 amide bonds. The summed E-state index contributed by atoms with van der Waals surface area (Å²) >= 11 is 0. The summed E-state index contributed by atoms with van der Waals surface area (Å²) in [6, 6.07) is -0.949. The van der Waals surface area contributed by atoms with Crippen molar-refractivity contribution in [3.8, 4) is 0 Å². The Kier molecular flexibility index (Phi) is 10.0. The monoisotopic (exact) mass is 527 g/mol. The van der Waals surface area contributed by atoms with Gasteiger partial charge in [0.15, 0.2) is 12.6 Å². The maximum atomic E-state index is 11.8. The van der Waals surface area contributed by atoms with Crippen LogP contribution in [0.1, 0.15) is 20.8 Å². The van der Waals surface area contributed by atoms with E-state index in [9.17, 15) is 45.6 Å². The van der Waals surface area contributed by atoms with Gasteiger partial charge in [-0.2, -0.15) is 0 Å². The van der Waals surface area contributed by atoms with Crippen LogP contribution in [-0.2, 0) is 28.5 Å². The van der Waals surface area contributed by atoms with Crippen LogP contribution in [-0.4, -0.2) is 152 Å². The standard InChI is InChI=1S/C21H37NO14/c1-6-11(22-8(3)25)18(14(28)10(5-24)32-6)35-21-19(16(30)13(27)9(4-23)34-21)36-20-17(31)15(29)12(26)7(2)33-20/h6-7,9-21,23-24,26-31H,4-5H2,1-3H3,(H,22,25)/t6-,7?,9?,10?,11?,12-,13-,14-,15+,16-,17?,18+,19?,20-,21-/m0/s1. The van der Waals surface area contributed by atoms with Gasteiger partial charge in [0.1, 0.15) is 61.0 Å². The molecular weight excluding hydrogens is 490 g/mol. The molecule has 3 rings (SSSR count). The summed E-state index contributed by atoms with van der Waals surface area (Å²) in [5.74, 6) is -0.472. The first-order chi connectivity index (χ1) is 16.9. The van der Waals surface area contributed by atoms with Gasteiger partial charge in [-0.15, -0.1) is 0 Å². The Hall–Kier alpha value is -1.05. The number of carbonyl (C=O) groups is 1. The highest BCUT2D eigenvalue weighted by Gasteiger charge is 2.53. The minimum absolute atomic E-state index is 0.472. The molecule has 15 atom stereocenters. The van der Waals surface area contributed by atoms with Crippen LogP contribution in [0.25, 0.3) is 0 Å². The van der Waals surface area contributed by atoms with E-state index < -0.39 is 111 Å². The number of hydrogen-bond donors (Lipinski definition) is 9. The van der Waals surface area contributed by atoms with Gasteiger partial charge in [-0.3, -0.25) is 4.79 Å². The third-order valence-electron chi connectivity index (χ3n) is 6.73. The Balaban J connectivity index is 1.89. The summed E-state index contributed by atoms with van der Waals surface area (Å²) in [5.41, 5.74) is 0. The summed E-state index contributed by atoms with van der Waals surface area (Å²) in [6.45, 7) is 2.93. The van der Waals surface area contributed by atoms with Gasteiger partial charge in [0.25, 0.3) is 0 Å². The molecule has 3 aliphatic rings. The quantitative estimate of drug-likeness (QED) is 0.150. The van der Waals surface area contributed by atoms with Crippen LogP contribution in [0.15, 0.2) is 0 Å². The highest BCUT2D eigenvalue weighted by atomic mass is 16.8. The normalized spacial score (nSPS) is 50.0. The SMILES string of the molecule is CC(=O)NC1[C@H](C)OC(CO)[C@H](O)[C@@H]1O[C@@H]1OC(CO)[C@H](O)[C@H](O)C1O[C@@H]1OC(C)[C@H](O)[C@@H](O)C1O. The fourth-order valence-electron chi connectivity index (χ4n) is 4.63. The molecule has 0 spiro atoms. The number of ether oxygens (including phenoxy) is 5. The van der Waals surface area contributed by atoms with E-state index in [0.717, 1.165) is 0 Å². The molecule has 0 saturated carbocycles. The Bertz CT molecular complexity index is 731. The van der Waals surface area contributed by atoms with Crippen LogP contribution in [0.5, 0.6) is 0 Å². The van der Waals surface area contributed by atoms with E-state index in [2.05, 4.69) is 5.32 Å². The predicted molar refractivity (Wildman–Crippen MR) is 115 cm³/mol. The molecule has 3 fully saturated rings. The molecular formula is C21H37NO14. The number of aliphatic hydroxyl groups excluding tert-OH is 8. The molecule has 0 aromatic carbocycles. The highest BCUT2D eigenvalue weighted by Crippen LogP contribution is 2.32. The maximum Gasteiger partial charge on any atom is 0.217 e.